The van der Waals surface area contributed by atoms with Crippen molar-refractivity contribution in [2.45, 2.75) is 12.5 Å². The average molecular weight is 276 g/mol. The number of benzene rings is 1. The summed E-state index contributed by atoms with van der Waals surface area (Å²) in [7, 11) is 3.10. The molecule has 106 valence electrons. The average Bonchev–Trinajstić information content (AvgIpc) is 2.46. The Morgan fingerprint density at radius 2 is 2.15 bits per heavy atom. The zero-order valence-electron chi connectivity index (χ0n) is 11.3. The molecule has 0 bridgehead atoms. The van der Waals surface area contributed by atoms with Crippen LogP contribution in [0.25, 0.3) is 10.9 Å². The minimum Gasteiger partial charge on any atom is -0.497 e. The molecule has 1 unspecified atom stereocenters. The molecule has 6 nitrogen and oxygen atoms in total. The van der Waals surface area contributed by atoms with E-state index in [1.807, 2.05) is 0 Å². The third-order valence-electron chi connectivity index (χ3n) is 3.09. The third-order valence-corrected chi connectivity index (χ3v) is 3.09. The van der Waals surface area contributed by atoms with Crippen LogP contribution in [0, 0.1) is 0 Å². The van der Waals surface area contributed by atoms with E-state index in [0.29, 0.717) is 17.0 Å². The molecule has 1 atom stereocenters. The number of aliphatic carboxylic acids is 1. The van der Waals surface area contributed by atoms with Gasteiger partial charge in [-0.05, 0) is 24.1 Å². The van der Waals surface area contributed by atoms with Crippen molar-refractivity contribution in [1.29, 1.82) is 0 Å². The van der Waals surface area contributed by atoms with Crippen molar-refractivity contribution in [2.75, 3.05) is 14.2 Å². The molecule has 0 aliphatic carbocycles. The van der Waals surface area contributed by atoms with Gasteiger partial charge in [0.15, 0.2) is 0 Å². The lowest BCUT2D eigenvalue weighted by Crippen LogP contribution is -2.32. The number of pyridine rings is 1. The summed E-state index contributed by atoms with van der Waals surface area (Å²) in [5.74, 6) is 0.155. The van der Waals surface area contributed by atoms with Crippen LogP contribution in [0.4, 0.5) is 0 Å². The molecule has 1 aromatic carbocycles. The first-order chi connectivity index (χ1) is 9.56. The maximum atomic E-state index is 10.9. The highest BCUT2D eigenvalue weighted by atomic mass is 16.5. The molecule has 0 saturated carbocycles. The Balaban J connectivity index is 2.58. The molecule has 0 aliphatic heterocycles. The third kappa shape index (κ3) is 2.65. The summed E-state index contributed by atoms with van der Waals surface area (Å²) in [5, 5.41) is 9.71. The van der Waals surface area contributed by atoms with Gasteiger partial charge in [0.05, 0.1) is 14.2 Å². The fraction of sp³-hybridized carbons (Fsp3) is 0.286. The molecule has 0 saturated heterocycles. The highest BCUT2D eigenvalue weighted by Gasteiger charge is 2.16. The number of hydrogen-bond donors (Lipinski definition) is 2. The van der Waals surface area contributed by atoms with E-state index < -0.39 is 12.0 Å². The van der Waals surface area contributed by atoms with Crippen LogP contribution in [0.15, 0.2) is 24.4 Å². The van der Waals surface area contributed by atoms with E-state index in [1.54, 1.807) is 38.6 Å². The predicted octanol–water partition coefficient (Wildman–Crippen LogP) is 1.21. The number of rotatable bonds is 5. The number of nitrogens with two attached hydrogens (primary N) is 1. The maximum absolute atomic E-state index is 10.9. The van der Waals surface area contributed by atoms with Crippen LogP contribution in [0.5, 0.6) is 11.5 Å². The van der Waals surface area contributed by atoms with Crippen LogP contribution >= 0.6 is 0 Å². The fourth-order valence-corrected chi connectivity index (χ4v) is 2.03. The van der Waals surface area contributed by atoms with Gasteiger partial charge in [0.1, 0.15) is 23.1 Å². The molecule has 0 spiro atoms. The van der Waals surface area contributed by atoms with E-state index in [0.717, 1.165) is 10.9 Å². The van der Waals surface area contributed by atoms with Gasteiger partial charge in [0, 0.05) is 17.6 Å². The van der Waals surface area contributed by atoms with Gasteiger partial charge in [-0.15, -0.1) is 0 Å². The van der Waals surface area contributed by atoms with Gasteiger partial charge in [-0.25, -0.2) is 0 Å². The first kappa shape index (κ1) is 14.1. The molecule has 0 fully saturated rings. The first-order valence-corrected chi connectivity index (χ1v) is 6.04. The number of fused-ring (bicyclic) bond motifs is 1. The number of ether oxygens (including phenoxy) is 2. The summed E-state index contributed by atoms with van der Waals surface area (Å²) in [6, 6.07) is 4.33. The smallest absolute Gasteiger partial charge is 0.320 e. The van der Waals surface area contributed by atoms with Crippen LogP contribution in [-0.2, 0) is 11.2 Å². The second-order valence-electron chi connectivity index (χ2n) is 4.34. The number of nitrogens with zero attached hydrogens (tertiary/aromatic N) is 1. The van der Waals surface area contributed by atoms with Crippen molar-refractivity contribution in [3.63, 3.8) is 0 Å². The van der Waals surface area contributed by atoms with Crippen LogP contribution in [0.3, 0.4) is 0 Å². The summed E-state index contributed by atoms with van der Waals surface area (Å²) in [6.07, 6.45) is 1.83. The van der Waals surface area contributed by atoms with Gasteiger partial charge in [-0.2, -0.15) is 0 Å². The SMILES string of the molecule is COc1cc(OC)c2nccc(CC(N)C(=O)O)c2c1. The molecular formula is C14H16N2O4. The van der Waals surface area contributed by atoms with E-state index in [4.69, 9.17) is 20.3 Å². The summed E-state index contributed by atoms with van der Waals surface area (Å²) in [6.45, 7) is 0. The lowest BCUT2D eigenvalue weighted by Gasteiger charge is -2.12. The summed E-state index contributed by atoms with van der Waals surface area (Å²) in [4.78, 5) is 15.2. The largest absolute Gasteiger partial charge is 0.497 e. The van der Waals surface area contributed by atoms with Crippen LogP contribution < -0.4 is 15.2 Å². The highest BCUT2D eigenvalue weighted by molar-refractivity contribution is 5.89. The minimum absolute atomic E-state index is 0.213. The number of aromatic nitrogens is 1. The molecule has 0 radical (unpaired) electrons. The number of carboxylic acid groups (broad SMARTS) is 1. The van der Waals surface area contributed by atoms with Crippen LogP contribution in [-0.4, -0.2) is 36.3 Å². The quantitative estimate of drug-likeness (QED) is 0.852. The van der Waals surface area contributed by atoms with Gasteiger partial charge in [0.25, 0.3) is 0 Å². The Morgan fingerprint density at radius 1 is 1.40 bits per heavy atom. The Bertz CT molecular complexity index is 642. The number of carboxylic acids is 1. The van der Waals surface area contributed by atoms with Crippen molar-refractivity contribution >= 4 is 16.9 Å². The first-order valence-electron chi connectivity index (χ1n) is 6.04. The van der Waals surface area contributed by atoms with Crippen LogP contribution in [0.2, 0.25) is 0 Å². The van der Waals surface area contributed by atoms with Gasteiger partial charge < -0.3 is 20.3 Å². The van der Waals surface area contributed by atoms with E-state index >= 15 is 0 Å². The highest BCUT2D eigenvalue weighted by Crippen LogP contribution is 2.31. The van der Waals surface area contributed by atoms with E-state index in [1.165, 1.54) is 0 Å². The predicted molar refractivity (Wildman–Crippen MR) is 74.2 cm³/mol. The molecule has 2 aromatic rings. The van der Waals surface area contributed by atoms with E-state index in [9.17, 15) is 4.79 Å². The Kier molecular flexibility index (Phi) is 4.05. The Morgan fingerprint density at radius 3 is 2.75 bits per heavy atom. The molecule has 20 heavy (non-hydrogen) atoms. The van der Waals surface area contributed by atoms with Crippen molar-refractivity contribution in [1.82, 2.24) is 4.98 Å². The van der Waals surface area contributed by atoms with Crippen molar-refractivity contribution < 1.29 is 19.4 Å². The second-order valence-corrected chi connectivity index (χ2v) is 4.34. The van der Waals surface area contributed by atoms with Crippen LogP contribution in [0.1, 0.15) is 5.56 Å². The lowest BCUT2D eigenvalue weighted by molar-refractivity contribution is -0.138. The zero-order valence-corrected chi connectivity index (χ0v) is 11.3. The summed E-state index contributed by atoms with van der Waals surface area (Å²) < 4.78 is 10.5. The fourth-order valence-electron chi connectivity index (χ4n) is 2.03. The zero-order chi connectivity index (χ0) is 14.7. The molecular weight excluding hydrogens is 260 g/mol. The van der Waals surface area contributed by atoms with Crippen molar-refractivity contribution in [3.05, 3.63) is 30.0 Å². The number of methoxy groups -OCH3 is 2. The Labute approximate surface area is 116 Å². The standard InChI is InChI=1S/C14H16N2O4/c1-19-9-6-10-8(5-11(15)14(17)18)3-4-16-13(10)12(7-9)20-2/h3-4,6-7,11H,5,15H2,1-2H3,(H,17,18). The van der Waals surface area contributed by atoms with Gasteiger partial charge >= 0.3 is 5.97 Å². The molecule has 2 rings (SSSR count). The molecule has 1 heterocycles. The number of carbonyl (C=O) groups is 1. The summed E-state index contributed by atoms with van der Waals surface area (Å²) >= 11 is 0. The molecule has 6 heteroatoms. The topological polar surface area (TPSA) is 94.7 Å². The van der Waals surface area contributed by atoms with E-state index in [2.05, 4.69) is 4.98 Å². The second kappa shape index (κ2) is 5.75. The molecule has 0 amide bonds. The summed E-state index contributed by atoms with van der Waals surface area (Å²) in [5.41, 5.74) is 7.05. The molecule has 0 aliphatic rings. The van der Waals surface area contributed by atoms with Crippen molar-refractivity contribution in [2.24, 2.45) is 5.73 Å². The monoisotopic (exact) mass is 276 g/mol. The maximum Gasteiger partial charge on any atom is 0.320 e. The normalized spacial score (nSPS) is 12.2. The Hall–Kier alpha value is -2.34. The lowest BCUT2D eigenvalue weighted by atomic mass is 10.0. The van der Waals surface area contributed by atoms with Gasteiger partial charge in [-0.1, -0.05) is 0 Å². The van der Waals surface area contributed by atoms with Gasteiger partial charge in [-0.3, -0.25) is 9.78 Å². The van der Waals surface area contributed by atoms with Gasteiger partial charge in [0.2, 0.25) is 0 Å². The molecule has 1 aromatic heterocycles. The van der Waals surface area contributed by atoms with Crippen molar-refractivity contribution in [3.8, 4) is 11.5 Å². The minimum atomic E-state index is -1.04. The molecule has 3 N–H and O–H groups in total. The van der Waals surface area contributed by atoms with E-state index in [-0.39, 0.29) is 6.42 Å². The number of hydrogen-bond acceptors (Lipinski definition) is 5.